The number of thioether (sulfide) groups is 1. The van der Waals surface area contributed by atoms with Gasteiger partial charge in [0.2, 0.25) is 5.91 Å². The normalized spacial score (nSPS) is 16.6. The first-order valence-corrected chi connectivity index (χ1v) is 6.86. The summed E-state index contributed by atoms with van der Waals surface area (Å²) in [6.45, 7) is 1.89. The van der Waals surface area contributed by atoms with Gasteiger partial charge in [0, 0.05) is 11.8 Å². The van der Waals surface area contributed by atoms with E-state index in [1.54, 1.807) is 6.07 Å². The summed E-state index contributed by atoms with van der Waals surface area (Å²) in [6.07, 6.45) is 2.21. The second kappa shape index (κ2) is 5.54. The molecular weight excluding hydrogens is 237 g/mol. The van der Waals surface area contributed by atoms with Crippen LogP contribution >= 0.6 is 11.8 Å². The molecule has 1 amide bonds. The van der Waals surface area contributed by atoms with Gasteiger partial charge in [-0.1, -0.05) is 12.1 Å². The van der Waals surface area contributed by atoms with Crippen LogP contribution in [0.25, 0.3) is 0 Å². The lowest BCUT2D eigenvalue weighted by Gasteiger charge is -2.11. The molecule has 1 unspecified atom stereocenters. The molecule has 0 aliphatic heterocycles. The highest BCUT2D eigenvalue weighted by molar-refractivity contribution is 7.99. The molecule has 0 saturated heterocycles. The predicted octanol–water partition coefficient (Wildman–Crippen LogP) is 2.73. The molecule has 1 aliphatic carbocycles. The smallest absolute Gasteiger partial charge is 0.233 e. The number of hydrogen-bond donors (Lipinski definition) is 1. The maximum absolute atomic E-state index is 12.9. The van der Waals surface area contributed by atoms with Crippen molar-refractivity contribution in [3.63, 3.8) is 0 Å². The standard InChI is InChI=1S/C13H16FNOS/c1-9(13(16)15-12-5-6-12)17-8-10-3-2-4-11(14)7-10/h2-4,7,9,12H,5-6,8H2,1H3,(H,15,16). The van der Waals surface area contributed by atoms with Crippen molar-refractivity contribution in [3.05, 3.63) is 35.6 Å². The summed E-state index contributed by atoms with van der Waals surface area (Å²) in [5, 5.41) is 2.88. The zero-order chi connectivity index (χ0) is 12.3. The van der Waals surface area contributed by atoms with E-state index in [0.717, 1.165) is 18.4 Å². The van der Waals surface area contributed by atoms with Gasteiger partial charge in [-0.15, -0.1) is 11.8 Å². The quantitative estimate of drug-likeness (QED) is 0.874. The summed E-state index contributed by atoms with van der Waals surface area (Å²) in [4.78, 5) is 11.7. The summed E-state index contributed by atoms with van der Waals surface area (Å²) in [5.74, 6) is 0.531. The van der Waals surface area contributed by atoms with Crippen LogP contribution in [0.5, 0.6) is 0 Å². The van der Waals surface area contributed by atoms with Crippen molar-refractivity contribution in [3.8, 4) is 0 Å². The van der Waals surface area contributed by atoms with E-state index in [1.807, 2.05) is 13.0 Å². The molecular formula is C13H16FNOS. The van der Waals surface area contributed by atoms with E-state index in [0.29, 0.717) is 11.8 Å². The van der Waals surface area contributed by atoms with Gasteiger partial charge in [-0.3, -0.25) is 4.79 Å². The van der Waals surface area contributed by atoms with Gasteiger partial charge in [-0.2, -0.15) is 0 Å². The first-order valence-electron chi connectivity index (χ1n) is 5.81. The van der Waals surface area contributed by atoms with Crippen LogP contribution in [0.15, 0.2) is 24.3 Å². The Kier molecular flexibility index (Phi) is 4.05. The molecule has 17 heavy (non-hydrogen) atoms. The Morgan fingerprint density at radius 3 is 3.00 bits per heavy atom. The summed E-state index contributed by atoms with van der Waals surface area (Å²) in [6, 6.07) is 6.91. The Bertz CT molecular complexity index is 406. The number of halogens is 1. The monoisotopic (exact) mass is 253 g/mol. The summed E-state index contributed by atoms with van der Waals surface area (Å²) >= 11 is 1.54. The highest BCUT2D eigenvalue weighted by Gasteiger charge is 2.25. The van der Waals surface area contributed by atoms with Crippen molar-refractivity contribution >= 4 is 17.7 Å². The number of carbonyl (C=O) groups is 1. The lowest BCUT2D eigenvalue weighted by molar-refractivity contribution is -0.120. The molecule has 0 radical (unpaired) electrons. The Balaban J connectivity index is 1.78. The highest BCUT2D eigenvalue weighted by Crippen LogP contribution is 2.22. The largest absolute Gasteiger partial charge is 0.352 e. The van der Waals surface area contributed by atoms with Gasteiger partial charge in [0.15, 0.2) is 0 Å². The van der Waals surface area contributed by atoms with Gasteiger partial charge < -0.3 is 5.32 Å². The molecule has 0 spiro atoms. The molecule has 1 fully saturated rings. The van der Waals surface area contributed by atoms with Crippen LogP contribution in [0.3, 0.4) is 0 Å². The molecule has 4 heteroatoms. The first kappa shape index (κ1) is 12.4. The third-order valence-electron chi connectivity index (χ3n) is 2.68. The fourth-order valence-corrected chi connectivity index (χ4v) is 2.31. The van der Waals surface area contributed by atoms with Crippen molar-refractivity contribution in [2.75, 3.05) is 0 Å². The fraction of sp³-hybridized carbons (Fsp3) is 0.462. The number of rotatable bonds is 5. The number of carbonyl (C=O) groups excluding carboxylic acids is 1. The molecule has 0 aromatic heterocycles. The maximum atomic E-state index is 12.9. The minimum Gasteiger partial charge on any atom is -0.352 e. The molecule has 1 aliphatic rings. The van der Waals surface area contributed by atoms with Crippen LogP contribution in [-0.4, -0.2) is 17.2 Å². The lowest BCUT2D eigenvalue weighted by Crippen LogP contribution is -2.32. The minimum atomic E-state index is -0.224. The molecule has 0 heterocycles. The van der Waals surface area contributed by atoms with Gasteiger partial charge in [0.1, 0.15) is 5.82 Å². The number of hydrogen-bond acceptors (Lipinski definition) is 2. The molecule has 92 valence electrons. The van der Waals surface area contributed by atoms with Crippen LogP contribution in [-0.2, 0) is 10.5 Å². The van der Waals surface area contributed by atoms with Gasteiger partial charge in [-0.25, -0.2) is 4.39 Å². The van der Waals surface area contributed by atoms with Crippen molar-refractivity contribution in [2.45, 2.75) is 36.8 Å². The predicted molar refractivity (Wildman–Crippen MR) is 68.3 cm³/mol. The average Bonchev–Trinajstić information content (AvgIpc) is 3.10. The van der Waals surface area contributed by atoms with Crippen LogP contribution in [0.1, 0.15) is 25.3 Å². The van der Waals surface area contributed by atoms with Crippen molar-refractivity contribution < 1.29 is 9.18 Å². The van der Waals surface area contributed by atoms with Gasteiger partial charge in [0.25, 0.3) is 0 Å². The van der Waals surface area contributed by atoms with E-state index in [2.05, 4.69) is 5.32 Å². The minimum absolute atomic E-state index is 0.0844. The summed E-state index contributed by atoms with van der Waals surface area (Å²) < 4.78 is 12.9. The van der Waals surface area contributed by atoms with Crippen LogP contribution in [0.2, 0.25) is 0 Å². The second-order valence-corrected chi connectivity index (χ2v) is 5.70. The molecule has 1 aromatic rings. The van der Waals surface area contributed by atoms with Crippen molar-refractivity contribution in [1.82, 2.24) is 5.32 Å². The molecule has 1 saturated carbocycles. The van der Waals surface area contributed by atoms with E-state index in [4.69, 9.17) is 0 Å². The molecule has 1 N–H and O–H groups in total. The Morgan fingerprint density at radius 2 is 2.35 bits per heavy atom. The molecule has 1 atom stereocenters. The molecule has 1 aromatic carbocycles. The number of amides is 1. The topological polar surface area (TPSA) is 29.1 Å². The zero-order valence-electron chi connectivity index (χ0n) is 9.78. The maximum Gasteiger partial charge on any atom is 0.233 e. The van der Waals surface area contributed by atoms with E-state index in [1.165, 1.54) is 23.9 Å². The summed E-state index contributed by atoms with van der Waals surface area (Å²) in [5.41, 5.74) is 0.918. The molecule has 2 rings (SSSR count). The number of nitrogens with one attached hydrogen (secondary N) is 1. The van der Waals surface area contributed by atoms with Gasteiger partial charge in [0.05, 0.1) is 5.25 Å². The SMILES string of the molecule is CC(SCc1cccc(F)c1)C(=O)NC1CC1. The average molecular weight is 253 g/mol. The van der Waals surface area contributed by atoms with Crippen LogP contribution < -0.4 is 5.32 Å². The Labute approximate surface area is 105 Å². The van der Waals surface area contributed by atoms with E-state index < -0.39 is 0 Å². The van der Waals surface area contributed by atoms with Crippen molar-refractivity contribution in [1.29, 1.82) is 0 Å². The van der Waals surface area contributed by atoms with Crippen LogP contribution in [0, 0.1) is 5.82 Å². The van der Waals surface area contributed by atoms with E-state index in [-0.39, 0.29) is 17.0 Å². The first-order chi connectivity index (χ1) is 8.15. The fourth-order valence-electron chi connectivity index (χ4n) is 1.47. The summed E-state index contributed by atoms with van der Waals surface area (Å²) in [7, 11) is 0. The third kappa shape index (κ3) is 4.04. The Hall–Kier alpha value is -1.03. The third-order valence-corrected chi connectivity index (χ3v) is 3.90. The van der Waals surface area contributed by atoms with Gasteiger partial charge in [-0.05, 0) is 37.5 Å². The van der Waals surface area contributed by atoms with E-state index in [9.17, 15) is 9.18 Å². The molecule has 0 bridgehead atoms. The lowest BCUT2D eigenvalue weighted by atomic mass is 10.2. The Morgan fingerprint density at radius 1 is 1.59 bits per heavy atom. The van der Waals surface area contributed by atoms with Gasteiger partial charge >= 0.3 is 0 Å². The van der Waals surface area contributed by atoms with Crippen molar-refractivity contribution in [2.24, 2.45) is 0 Å². The van der Waals surface area contributed by atoms with E-state index >= 15 is 0 Å². The molecule has 2 nitrogen and oxygen atoms in total. The zero-order valence-corrected chi connectivity index (χ0v) is 10.6. The van der Waals surface area contributed by atoms with Crippen LogP contribution in [0.4, 0.5) is 4.39 Å². The highest BCUT2D eigenvalue weighted by atomic mass is 32.2. The second-order valence-electron chi connectivity index (χ2n) is 4.37. The number of benzene rings is 1.